The van der Waals surface area contributed by atoms with Crippen LogP contribution in [-0.4, -0.2) is 27.4 Å². The molecule has 0 spiro atoms. The molecule has 0 bridgehead atoms. The van der Waals surface area contributed by atoms with E-state index in [2.05, 4.69) is 10.6 Å². The van der Waals surface area contributed by atoms with Crippen LogP contribution < -0.4 is 24.8 Å². The molecule has 6 nitrogen and oxygen atoms in total. The van der Waals surface area contributed by atoms with Gasteiger partial charge in [0.05, 0.1) is 32.9 Å². The summed E-state index contributed by atoms with van der Waals surface area (Å²) in [5, 5.41) is 5.28. The van der Waals surface area contributed by atoms with Gasteiger partial charge < -0.3 is 24.8 Å². The van der Waals surface area contributed by atoms with Gasteiger partial charge in [-0.1, -0.05) is 12.1 Å². The van der Waals surface area contributed by atoms with E-state index in [1.807, 2.05) is 0 Å². The monoisotopic (exact) mass is 412 g/mol. The number of methoxy groups -OCH3 is 3. The van der Waals surface area contributed by atoms with Crippen LogP contribution in [0.5, 0.6) is 17.2 Å². The fourth-order valence-corrected chi connectivity index (χ4v) is 2.74. The average molecular weight is 412 g/mol. The number of hydrogen-bond donors (Lipinski definition) is 2. The third-order valence-electron chi connectivity index (χ3n) is 4.24. The molecule has 0 aromatic heterocycles. The van der Waals surface area contributed by atoms with Crippen molar-refractivity contribution in [2.45, 2.75) is 25.7 Å². The molecule has 2 amide bonds. The zero-order valence-corrected chi connectivity index (χ0v) is 16.5. The first-order chi connectivity index (χ1) is 13.7. The van der Waals surface area contributed by atoms with Crippen molar-refractivity contribution >= 4 is 6.03 Å². The van der Waals surface area contributed by atoms with E-state index in [9.17, 15) is 18.0 Å². The van der Waals surface area contributed by atoms with Crippen LogP contribution in [0.15, 0.2) is 36.4 Å². The predicted molar refractivity (Wildman–Crippen MR) is 101 cm³/mol. The Bertz CT molecular complexity index is 831. The van der Waals surface area contributed by atoms with Crippen LogP contribution in [-0.2, 0) is 12.7 Å². The number of carbonyl (C=O) groups excluding carboxylic acids is 1. The van der Waals surface area contributed by atoms with Crippen LogP contribution in [0.1, 0.15) is 29.7 Å². The Hall–Kier alpha value is -3.10. The zero-order valence-electron chi connectivity index (χ0n) is 16.5. The van der Waals surface area contributed by atoms with Crippen molar-refractivity contribution in [3.63, 3.8) is 0 Å². The minimum absolute atomic E-state index is 0.151. The maximum Gasteiger partial charge on any atom is 0.416 e. The normalized spacial score (nSPS) is 12.1. The van der Waals surface area contributed by atoms with E-state index in [4.69, 9.17) is 14.2 Å². The molecule has 0 heterocycles. The van der Waals surface area contributed by atoms with E-state index in [0.29, 0.717) is 28.4 Å². The highest BCUT2D eigenvalue weighted by atomic mass is 19.4. The Morgan fingerprint density at radius 1 is 1.03 bits per heavy atom. The summed E-state index contributed by atoms with van der Waals surface area (Å²) in [6.45, 7) is 1.76. The summed E-state index contributed by atoms with van der Waals surface area (Å²) in [6.07, 6.45) is -4.44. The average Bonchev–Trinajstić information content (AvgIpc) is 2.70. The Labute approximate surface area is 167 Å². The van der Waals surface area contributed by atoms with Crippen molar-refractivity contribution in [2.75, 3.05) is 21.3 Å². The highest BCUT2D eigenvalue weighted by Gasteiger charge is 2.30. The van der Waals surface area contributed by atoms with E-state index in [1.54, 1.807) is 19.1 Å². The Morgan fingerprint density at radius 2 is 1.66 bits per heavy atom. The number of hydrogen-bond acceptors (Lipinski definition) is 4. The third kappa shape index (κ3) is 5.69. The Morgan fingerprint density at radius 3 is 2.17 bits per heavy atom. The van der Waals surface area contributed by atoms with Gasteiger partial charge in [0, 0.05) is 6.54 Å². The maximum atomic E-state index is 12.9. The number of halogens is 3. The van der Waals surface area contributed by atoms with Gasteiger partial charge in [-0.15, -0.1) is 0 Å². The molecule has 1 atom stereocenters. The molecule has 2 N–H and O–H groups in total. The summed E-state index contributed by atoms with van der Waals surface area (Å²) in [7, 11) is 4.46. The zero-order chi connectivity index (χ0) is 21.6. The van der Waals surface area contributed by atoms with Crippen LogP contribution in [0.25, 0.3) is 0 Å². The van der Waals surface area contributed by atoms with E-state index >= 15 is 0 Å². The van der Waals surface area contributed by atoms with Crippen molar-refractivity contribution in [2.24, 2.45) is 0 Å². The number of ether oxygens (including phenoxy) is 3. The highest BCUT2D eigenvalue weighted by Crippen LogP contribution is 2.38. The van der Waals surface area contributed by atoms with E-state index in [-0.39, 0.29) is 6.54 Å². The van der Waals surface area contributed by atoms with Gasteiger partial charge in [0.1, 0.15) is 0 Å². The minimum atomic E-state index is -4.44. The highest BCUT2D eigenvalue weighted by molar-refractivity contribution is 5.74. The SMILES string of the molecule is COc1cc(CNC(=O)NC(C)c2cccc(C(F)(F)F)c2)cc(OC)c1OC. The first kappa shape index (κ1) is 22.2. The molecule has 1 unspecified atom stereocenters. The lowest BCUT2D eigenvalue weighted by molar-refractivity contribution is -0.137. The van der Waals surface area contributed by atoms with Gasteiger partial charge in [0.15, 0.2) is 11.5 Å². The molecule has 9 heteroatoms. The van der Waals surface area contributed by atoms with Crippen LogP contribution in [0.2, 0.25) is 0 Å². The summed E-state index contributed by atoms with van der Waals surface area (Å²) in [5.74, 6) is 1.32. The van der Waals surface area contributed by atoms with Crippen molar-refractivity contribution < 1.29 is 32.2 Å². The lowest BCUT2D eigenvalue weighted by atomic mass is 10.1. The van der Waals surface area contributed by atoms with Gasteiger partial charge in [-0.25, -0.2) is 4.79 Å². The van der Waals surface area contributed by atoms with Crippen LogP contribution in [0, 0.1) is 0 Å². The number of alkyl halides is 3. The molecular weight excluding hydrogens is 389 g/mol. The molecule has 2 aromatic carbocycles. The molecule has 0 saturated heterocycles. The molecule has 0 fully saturated rings. The lowest BCUT2D eigenvalue weighted by Gasteiger charge is -2.17. The second-order valence-corrected chi connectivity index (χ2v) is 6.21. The molecule has 0 aliphatic rings. The van der Waals surface area contributed by atoms with Crippen LogP contribution in [0.3, 0.4) is 0 Å². The number of rotatable bonds is 7. The third-order valence-corrected chi connectivity index (χ3v) is 4.24. The molecule has 2 rings (SSSR count). The first-order valence-corrected chi connectivity index (χ1v) is 8.70. The van der Waals surface area contributed by atoms with Crippen molar-refractivity contribution in [3.05, 3.63) is 53.1 Å². The molecule has 0 saturated carbocycles. The fraction of sp³-hybridized carbons (Fsp3) is 0.350. The van der Waals surface area contributed by atoms with Gasteiger partial charge in [-0.2, -0.15) is 13.2 Å². The van der Waals surface area contributed by atoms with Crippen molar-refractivity contribution in [1.82, 2.24) is 10.6 Å². The summed E-state index contributed by atoms with van der Waals surface area (Å²) >= 11 is 0. The van der Waals surface area contributed by atoms with Gasteiger partial charge in [-0.3, -0.25) is 0 Å². The molecule has 2 aromatic rings. The fourth-order valence-electron chi connectivity index (χ4n) is 2.74. The van der Waals surface area contributed by atoms with Gasteiger partial charge in [0.25, 0.3) is 0 Å². The summed E-state index contributed by atoms with van der Waals surface area (Å²) in [5.41, 5.74) is 0.283. The van der Waals surface area contributed by atoms with Crippen molar-refractivity contribution in [3.8, 4) is 17.2 Å². The number of urea groups is 1. The second-order valence-electron chi connectivity index (χ2n) is 6.21. The summed E-state index contributed by atoms with van der Waals surface area (Å²) < 4.78 is 54.3. The molecule has 158 valence electrons. The standard InChI is InChI=1S/C20H23F3N2O4/c1-12(14-6-5-7-15(10-14)20(21,22)23)25-19(26)24-11-13-8-16(27-2)18(29-4)17(9-13)28-3/h5-10,12H,11H2,1-4H3,(H2,24,25,26). The number of benzene rings is 2. The number of carbonyl (C=O) groups is 1. The van der Waals surface area contributed by atoms with Gasteiger partial charge >= 0.3 is 12.2 Å². The summed E-state index contributed by atoms with van der Waals surface area (Å²) in [4.78, 5) is 12.2. The first-order valence-electron chi connectivity index (χ1n) is 8.70. The van der Waals surface area contributed by atoms with Gasteiger partial charge in [0.2, 0.25) is 5.75 Å². The largest absolute Gasteiger partial charge is 0.493 e. The molecule has 0 radical (unpaired) electrons. The second kappa shape index (κ2) is 9.40. The molecule has 0 aliphatic carbocycles. The van der Waals surface area contributed by atoms with E-state index in [0.717, 1.165) is 12.1 Å². The number of nitrogens with one attached hydrogen (secondary N) is 2. The van der Waals surface area contributed by atoms with Crippen LogP contribution in [0.4, 0.5) is 18.0 Å². The molecule has 29 heavy (non-hydrogen) atoms. The predicted octanol–water partition coefficient (Wildman–Crippen LogP) is 4.29. The Balaban J connectivity index is 2.03. The van der Waals surface area contributed by atoms with Crippen molar-refractivity contribution in [1.29, 1.82) is 0 Å². The minimum Gasteiger partial charge on any atom is -0.493 e. The smallest absolute Gasteiger partial charge is 0.416 e. The molecular formula is C20H23F3N2O4. The van der Waals surface area contributed by atoms with E-state index in [1.165, 1.54) is 33.5 Å². The quantitative estimate of drug-likeness (QED) is 0.712. The van der Waals surface area contributed by atoms with E-state index < -0.39 is 23.8 Å². The lowest BCUT2D eigenvalue weighted by Crippen LogP contribution is -2.36. The summed E-state index contributed by atoms with van der Waals surface area (Å²) in [6, 6.07) is 7.09. The molecule has 0 aliphatic heterocycles. The topological polar surface area (TPSA) is 68.8 Å². The number of amides is 2. The Kier molecular flexibility index (Phi) is 7.19. The maximum absolute atomic E-state index is 12.9. The van der Waals surface area contributed by atoms with Gasteiger partial charge in [-0.05, 0) is 42.3 Å². The van der Waals surface area contributed by atoms with Crippen LogP contribution >= 0.6 is 0 Å².